The molecule has 0 saturated carbocycles. The number of benzene rings is 2. The van der Waals surface area contributed by atoms with Gasteiger partial charge in [0.1, 0.15) is 27.4 Å². The number of thioether (sulfide) groups is 1. The molecule has 6 rings (SSSR count). The normalized spacial score (nSPS) is 16.6. The Balaban J connectivity index is 1.32. The van der Waals surface area contributed by atoms with Crippen LogP contribution in [0.25, 0.3) is 11.7 Å². The van der Waals surface area contributed by atoms with Crippen molar-refractivity contribution in [1.82, 2.24) is 14.3 Å². The number of ether oxygens (including phenoxy) is 1. The second-order valence-corrected chi connectivity index (χ2v) is 11.8. The van der Waals surface area contributed by atoms with E-state index in [4.69, 9.17) is 21.9 Å². The molecule has 0 radical (unpaired) electrons. The summed E-state index contributed by atoms with van der Waals surface area (Å²) < 4.78 is 20.6. The van der Waals surface area contributed by atoms with Crippen molar-refractivity contribution in [2.75, 3.05) is 43.1 Å². The van der Waals surface area contributed by atoms with E-state index >= 15 is 0 Å². The highest BCUT2D eigenvalue weighted by atomic mass is 32.2. The first-order valence-electron chi connectivity index (χ1n) is 13.5. The van der Waals surface area contributed by atoms with Gasteiger partial charge in [-0.25, -0.2) is 9.37 Å². The minimum Gasteiger partial charge on any atom is -0.497 e. The van der Waals surface area contributed by atoms with Crippen LogP contribution in [0.3, 0.4) is 0 Å². The molecule has 2 aromatic heterocycles. The number of rotatable bonds is 6. The molecular weight excluding hydrogens is 574 g/mol. The third kappa shape index (κ3) is 5.49. The molecular formula is C31H28FN5O3S2. The number of carbonyl (C=O) groups is 1. The van der Waals surface area contributed by atoms with Gasteiger partial charge in [0.25, 0.3) is 11.5 Å². The van der Waals surface area contributed by atoms with Crippen LogP contribution in [0.4, 0.5) is 15.9 Å². The van der Waals surface area contributed by atoms with Crippen LogP contribution in [-0.2, 0) is 11.3 Å². The average molecular weight is 602 g/mol. The van der Waals surface area contributed by atoms with E-state index in [-0.39, 0.29) is 17.3 Å². The van der Waals surface area contributed by atoms with Gasteiger partial charge in [0, 0.05) is 38.1 Å². The Kier molecular flexibility index (Phi) is 7.70. The van der Waals surface area contributed by atoms with Crippen molar-refractivity contribution in [3.8, 4) is 5.75 Å². The number of thiocarbonyl (C=S) groups is 1. The number of halogens is 1. The summed E-state index contributed by atoms with van der Waals surface area (Å²) in [5.74, 6) is 0.742. The van der Waals surface area contributed by atoms with Crippen molar-refractivity contribution >= 4 is 57.4 Å². The number of hydrogen-bond acceptors (Lipinski definition) is 8. The molecule has 214 valence electrons. The van der Waals surface area contributed by atoms with E-state index in [0.29, 0.717) is 59.0 Å². The molecule has 42 heavy (non-hydrogen) atoms. The second-order valence-electron chi connectivity index (χ2n) is 10.2. The summed E-state index contributed by atoms with van der Waals surface area (Å²) >= 11 is 6.76. The van der Waals surface area contributed by atoms with Crippen LogP contribution < -0.4 is 20.1 Å². The lowest BCUT2D eigenvalue weighted by molar-refractivity contribution is -0.122. The van der Waals surface area contributed by atoms with Crippen molar-refractivity contribution in [1.29, 1.82) is 0 Å². The Hall–Kier alpha value is -4.22. The molecule has 8 nitrogen and oxygen atoms in total. The van der Waals surface area contributed by atoms with E-state index in [9.17, 15) is 14.0 Å². The van der Waals surface area contributed by atoms with E-state index in [1.807, 2.05) is 43.3 Å². The number of fused-ring (bicyclic) bond motifs is 1. The number of methoxy groups -OCH3 is 1. The topological polar surface area (TPSA) is 70.4 Å². The van der Waals surface area contributed by atoms with Crippen LogP contribution in [0.5, 0.6) is 5.75 Å². The molecule has 4 aromatic rings. The summed E-state index contributed by atoms with van der Waals surface area (Å²) in [5.41, 5.74) is 3.41. The van der Waals surface area contributed by atoms with Gasteiger partial charge >= 0.3 is 0 Å². The maximum atomic E-state index is 13.9. The molecule has 0 aliphatic carbocycles. The fourth-order valence-electron chi connectivity index (χ4n) is 5.12. The summed E-state index contributed by atoms with van der Waals surface area (Å²) in [5, 5.41) is 0. The third-order valence-electron chi connectivity index (χ3n) is 7.41. The number of aromatic nitrogens is 2. The number of aryl methyl sites for hydroxylation is 1. The summed E-state index contributed by atoms with van der Waals surface area (Å²) in [6.45, 7) is 4.78. The quantitative estimate of drug-likeness (QED) is 0.229. The summed E-state index contributed by atoms with van der Waals surface area (Å²) in [6.07, 6.45) is 3.40. The van der Waals surface area contributed by atoms with E-state index in [0.717, 1.165) is 22.6 Å². The minimum absolute atomic E-state index is 0.248. The molecule has 0 N–H and O–H groups in total. The van der Waals surface area contributed by atoms with Gasteiger partial charge in [-0.3, -0.25) is 18.9 Å². The predicted octanol–water partition coefficient (Wildman–Crippen LogP) is 4.88. The molecule has 2 aliphatic rings. The SMILES string of the molecule is COc1ccc(CN2C(=O)C(=Cc3c(N4CCN(c5ccc(F)cc5)CC4)nc4ccc(C)cn4c3=O)SC2=S)cc1. The third-order valence-corrected chi connectivity index (χ3v) is 8.78. The molecule has 2 aromatic carbocycles. The number of pyridine rings is 1. The Labute approximate surface area is 252 Å². The highest BCUT2D eigenvalue weighted by Crippen LogP contribution is 2.35. The first-order chi connectivity index (χ1) is 20.3. The summed E-state index contributed by atoms with van der Waals surface area (Å²) in [6, 6.07) is 17.7. The minimum atomic E-state index is -0.271. The molecule has 0 atom stereocenters. The smallest absolute Gasteiger partial charge is 0.267 e. The fraction of sp³-hybridized carbons (Fsp3) is 0.226. The standard InChI is InChI=1S/C31H28FN5O3S2/c1-20-3-12-27-33-28(35-15-13-34(14-16-35)23-8-6-22(32)7-9-23)25(29(38)36(27)18-20)17-26-30(39)37(31(41)42-26)19-21-4-10-24(40-2)11-5-21/h3-12,17-18H,13-16,19H2,1-2H3. The van der Waals surface area contributed by atoms with Crippen LogP contribution in [0.2, 0.25) is 0 Å². The highest BCUT2D eigenvalue weighted by Gasteiger charge is 2.33. The van der Waals surface area contributed by atoms with Gasteiger partial charge in [-0.05, 0) is 66.6 Å². The van der Waals surface area contributed by atoms with Gasteiger partial charge in [0.15, 0.2) is 0 Å². The number of hydrogen-bond donors (Lipinski definition) is 0. The lowest BCUT2D eigenvalue weighted by Crippen LogP contribution is -2.47. The van der Waals surface area contributed by atoms with Gasteiger partial charge in [0.2, 0.25) is 0 Å². The molecule has 0 spiro atoms. The van der Waals surface area contributed by atoms with Crippen LogP contribution in [0, 0.1) is 12.7 Å². The molecule has 2 aliphatic heterocycles. The van der Waals surface area contributed by atoms with E-state index in [2.05, 4.69) is 9.80 Å². The molecule has 11 heteroatoms. The lowest BCUT2D eigenvalue weighted by Gasteiger charge is -2.37. The van der Waals surface area contributed by atoms with Crippen LogP contribution in [0.1, 0.15) is 16.7 Å². The Morgan fingerprint density at radius 2 is 1.67 bits per heavy atom. The zero-order chi connectivity index (χ0) is 29.4. The maximum absolute atomic E-state index is 13.9. The fourth-order valence-corrected chi connectivity index (χ4v) is 6.36. The lowest BCUT2D eigenvalue weighted by atomic mass is 10.2. The molecule has 2 saturated heterocycles. The Morgan fingerprint density at radius 3 is 2.36 bits per heavy atom. The number of carbonyl (C=O) groups excluding carboxylic acids is 1. The van der Waals surface area contributed by atoms with Crippen molar-refractivity contribution < 1.29 is 13.9 Å². The maximum Gasteiger partial charge on any atom is 0.267 e. The molecule has 0 unspecified atom stereocenters. The predicted molar refractivity (Wildman–Crippen MR) is 169 cm³/mol. The molecule has 1 amide bonds. The highest BCUT2D eigenvalue weighted by molar-refractivity contribution is 8.26. The largest absolute Gasteiger partial charge is 0.497 e. The Morgan fingerprint density at radius 1 is 0.976 bits per heavy atom. The number of anilines is 2. The van der Waals surface area contributed by atoms with Gasteiger partial charge in [-0.15, -0.1) is 0 Å². The van der Waals surface area contributed by atoms with Crippen LogP contribution >= 0.6 is 24.0 Å². The van der Waals surface area contributed by atoms with Gasteiger partial charge in [-0.1, -0.05) is 42.2 Å². The first-order valence-corrected chi connectivity index (χ1v) is 14.7. The zero-order valence-corrected chi connectivity index (χ0v) is 24.8. The van der Waals surface area contributed by atoms with Crippen molar-refractivity contribution in [3.63, 3.8) is 0 Å². The van der Waals surface area contributed by atoms with E-state index in [1.165, 1.54) is 28.3 Å². The summed E-state index contributed by atoms with van der Waals surface area (Å²) in [7, 11) is 1.60. The van der Waals surface area contributed by atoms with E-state index in [1.54, 1.807) is 36.4 Å². The van der Waals surface area contributed by atoms with Gasteiger partial charge in [-0.2, -0.15) is 0 Å². The van der Waals surface area contributed by atoms with Crippen molar-refractivity contribution in [2.24, 2.45) is 0 Å². The van der Waals surface area contributed by atoms with Crippen LogP contribution in [-0.4, -0.2) is 57.8 Å². The van der Waals surface area contributed by atoms with Gasteiger partial charge < -0.3 is 14.5 Å². The van der Waals surface area contributed by atoms with Gasteiger partial charge in [0.05, 0.1) is 24.1 Å². The summed E-state index contributed by atoms with van der Waals surface area (Å²) in [4.78, 5) is 38.5. The number of piperazine rings is 1. The molecule has 4 heterocycles. The zero-order valence-electron chi connectivity index (χ0n) is 23.1. The van der Waals surface area contributed by atoms with Crippen molar-refractivity contribution in [2.45, 2.75) is 13.5 Å². The molecule has 2 fully saturated rings. The van der Waals surface area contributed by atoms with Crippen LogP contribution in [0.15, 0.2) is 76.6 Å². The average Bonchev–Trinajstić information content (AvgIpc) is 3.27. The molecule has 0 bridgehead atoms. The number of amides is 1. The Bertz CT molecular complexity index is 1760. The first kappa shape index (κ1) is 27.9. The number of nitrogens with zero attached hydrogens (tertiary/aromatic N) is 5. The van der Waals surface area contributed by atoms with E-state index < -0.39 is 0 Å². The van der Waals surface area contributed by atoms with Crippen molar-refractivity contribution in [3.05, 3.63) is 105 Å². The second kappa shape index (κ2) is 11.6. The monoisotopic (exact) mass is 601 g/mol.